The second kappa shape index (κ2) is 4.73. The Hall–Kier alpha value is -1.19. The van der Waals surface area contributed by atoms with Crippen molar-refractivity contribution < 1.29 is 9.53 Å². The van der Waals surface area contributed by atoms with Crippen molar-refractivity contribution in [2.45, 2.75) is 51.6 Å². The van der Waals surface area contributed by atoms with Crippen LogP contribution in [-0.2, 0) is 4.74 Å². The van der Waals surface area contributed by atoms with E-state index >= 15 is 0 Å². The molecule has 106 valence electrons. The molecule has 1 saturated carbocycles. The Morgan fingerprint density at radius 1 is 1.32 bits per heavy atom. The Bertz CT molecular complexity index is 418. The third-order valence-electron chi connectivity index (χ3n) is 5.39. The number of amides is 1. The first-order valence-electron chi connectivity index (χ1n) is 7.48. The number of carbonyl (C=O) groups is 1. The van der Waals surface area contributed by atoms with Crippen molar-refractivity contribution in [3.8, 4) is 0 Å². The van der Waals surface area contributed by atoms with Gasteiger partial charge in [-0.3, -0.25) is 0 Å². The fourth-order valence-corrected chi connectivity index (χ4v) is 4.24. The average molecular weight is 264 g/mol. The zero-order chi connectivity index (χ0) is 13.6. The molecule has 0 aromatic heterocycles. The fourth-order valence-electron chi connectivity index (χ4n) is 4.24. The first-order chi connectivity index (χ1) is 9.13. The molecular weight excluding hydrogens is 240 g/mol. The van der Waals surface area contributed by atoms with E-state index in [1.165, 1.54) is 38.5 Å². The highest BCUT2D eigenvalue weighted by atomic mass is 16.5. The molecule has 0 aromatic rings. The lowest BCUT2D eigenvalue weighted by atomic mass is 9.77. The number of carbonyl (C=O) groups excluding carboxylic acids is 1. The zero-order valence-electron chi connectivity index (χ0n) is 12.0. The Kier molecular flexibility index (Phi) is 3.19. The minimum atomic E-state index is -0.325. The Morgan fingerprint density at radius 2 is 2.05 bits per heavy atom. The van der Waals surface area contributed by atoms with E-state index in [1.54, 1.807) is 5.57 Å². The second-order valence-corrected chi connectivity index (χ2v) is 6.27. The van der Waals surface area contributed by atoms with Crippen LogP contribution in [0, 0.1) is 17.8 Å². The summed E-state index contributed by atoms with van der Waals surface area (Å²) in [5, 5.41) is 6.71. The zero-order valence-corrected chi connectivity index (χ0v) is 12.0. The van der Waals surface area contributed by atoms with Gasteiger partial charge in [0.05, 0.1) is 13.2 Å². The summed E-state index contributed by atoms with van der Waals surface area (Å²) in [7, 11) is 1.43. The van der Waals surface area contributed by atoms with Gasteiger partial charge in [-0.25, -0.2) is 4.79 Å². The summed E-state index contributed by atoms with van der Waals surface area (Å²) in [6.45, 7) is 4.53. The van der Waals surface area contributed by atoms with Gasteiger partial charge in [0.15, 0.2) is 0 Å². The Labute approximate surface area is 115 Å². The predicted molar refractivity (Wildman–Crippen MR) is 73.6 cm³/mol. The molecule has 3 rings (SSSR count). The van der Waals surface area contributed by atoms with Crippen molar-refractivity contribution in [1.29, 1.82) is 0 Å². The molecular formula is C15H24N2O2. The first kappa shape index (κ1) is 12.8. The van der Waals surface area contributed by atoms with Crippen molar-refractivity contribution in [3.05, 3.63) is 11.3 Å². The largest absolute Gasteiger partial charge is 0.453 e. The molecule has 2 aliphatic carbocycles. The van der Waals surface area contributed by atoms with Gasteiger partial charge in [0.1, 0.15) is 0 Å². The molecule has 2 N–H and O–H groups in total. The lowest BCUT2D eigenvalue weighted by Gasteiger charge is -2.33. The molecule has 0 radical (unpaired) electrons. The third-order valence-corrected chi connectivity index (χ3v) is 5.39. The summed E-state index contributed by atoms with van der Waals surface area (Å²) in [5.41, 5.74) is 2.88. The normalized spacial score (nSPS) is 40.5. The van der Waals surface area contributed by atoms with E-state index in [2.05, 4.69) is 24.5 Å². The van der Waals surface area contributed by atoms with Crippen LogP contribution in [0.2, 0.25) is 0 Å². The first-order valence-corrected chi connectivity index (χ1v) is 7.48. The van der Waals surface area contributed by atoms with E-state index in [0.29, 0.717) is 23.8 Å². The highest BCUT2D eigenvalue weighted by Crippen LogP contribution is 2.48. The van der Waals surface area contributed by atoms with E-state index in [9.17, 15) is 4.79 Å². The monoisotopic (exact) mass is 264 g/mol. The van der Waals surface area contributed by atoms with Gasteiger partial charge in [0.2, 0.25) is 0 Å². The van der Waals surface area contributed by atoms with Gasteiger partial charge in [-0.05, 0) is 30.3 Å². The van der Waals surface area contributed by atoms with Crippen LogP contribution < -0.4 is 10.6 Å². The molecule has 1 heterocycles. The molecule has 1 amide bonds. The maximum absolute atomic E-state index is 11.5. The maximum Gasteiger partial charge on any atom is 0.407 e. The summed E-state index contributed by atoms with van der Waals surface area (Å²) < 4.78 is 4.76. The van der Waals surface area contributed by atoms with Crippen LogP contribution in [0.5, 0.6) is 0 Å². The lowest BCUT2D eigenvalue weighted by molar-refractivity contribution is 0.163. The van der Waals surface area contributed by atoms with Crippen molar-refractivity contribution in [3.63, 3.8) is 0 Å². The number of nitrogens with one attached hydrogen (secondary N) is 2. The van der Waals surface area contributed by atoms with Crippen LogP contribution in [0.15, 0.2) is 11.3 Å². The van der Waals surface area contributed by atoms with Gasteiger partial charge in [-0.15, -0.1) is 0 Å². The molecule has 0 saturated heterocycles. The SMILES string of the molecule is COC(=O)N[C@@H]1C2=C(C3CCCCC3N2)[C@H](C)[C@H]1C. The molecule has 3 aliphatic rings. The topological polar surface area (TPSA) is 50.4 Å². The van der Waals surface area contributed by atoms with Gasteiger partial charge in [0.25, 0.3) is 0 Å². The van der Waals surface area contributed by atoms with Crippen LogP contribution in [0.1, 0.15) is 39.5 Å². The van der Waals surface area contributed by atoms with E-state index < -0.39 is 0 Å². The van der Waals surface area contributed by atoms with Crippen molar-refractivity contribution in [1.82, 2.24) is 10.6 Å². The summed E-state index contributed by atoms with van der Waals surface area (Å²) in [5.74, 6) is 1.70. The summed E-state index contributed by atoms with van der Waals surface area (Å²) >= 11 is 0. The Morgan fingerprint density at radius 3 is 2.79 bits per heavy atom. The number of fused-ring (bicyclic) bond motifs is 2. The number of hydrogen-bond donors (Lipinski definition) is 2. The molecule has 0 aromatic carbocycles. The summed E-state index contributed by atoms with van der Waals surface area (Å²) in [6.07, 6.45) is 4.92. The minimum Gasteiger partial charge on any atom is -0.453 e. The van der Waals surface area contributed by atoms with Crippen LogP contribution in [0.3, 0.4) is 0 Å². The van der Waals surface area contributed by atoms with Gasteiger partial charge in [0, 0.05) is 17.7 Å². The molecule has 19 heavy (non-hydrogen) atoms. The summed E-state index contributed by atoms with van der Waals surface area (Å²) in [4.78, 5) is 11.5. The number of hydrogen-bond acceptors (Lipinski definition) is 3. The highest BCUT2D eigenvalue weighted by Gasteiger charge is 2.48. The van der Waals surface area contributed by atoms with Crippen LogP contribution in [-0.4, -0.2) is 25.3 Å². The van der Waals surface area contributed by atoms with E-state index in [0.717, 1.165) is 0 Å². The predicted octanol–water partition coefficient (Wildman–Crippen LogP) is 2.41. The van der Waals surface area contributed by atoms with Crippen LogP contribution in [0.25, 0.3) is 0 Å². The molecule has 4 heteroatoms. The standard InChI is InChI=1S/C15H24N2O2/c1-8-9(2)13(17-15(18)19-3)14-12(8)10-6-4-5-7-11(10)16-14/h8-11,13,16H,4-7H2,1-3H3,(H,17,18)/t8-,9-,10?,11?,13+/m1/s1. The number of methoxy groups -OCH3 is 1. The van der Waals surface area contributed by atoms with Gasteiger partial charge in [-0.1, -0.05) is 26.7 Å². The molecule has 5 atom stereocenters. The maximum atomic E-state index is 11.5. The summed E-state index contributed by atoms with van der Waals surface area (Å²) in [6, 6.07) is 0.707. The highest BCUT2D eigenvalue weighted by molar-refractivity contribution is 5.68. The van der Waals surface area contributed by atoms with Crippen molar-refractivity contribution >= 4 is 6.09 Å². The lowest BCUT2D eigenvalue weighted by Crippen LogP contribution is -2.45. The molecule has 0 spiro atoms. The molecule has 0 bridgehead atoms. The number of ether oxygens (including phenoxy) is 1. The number of alkyl carbamates (subject to hydrolysis) is 1. The number of rotatable bonds is 1. The van der Waals surface area contributed by atoms with Crippen molar-refractivity contribution in [2.75, 3.05) is 7.11 Å². The average Bonchev–Trinajstić information content (AvgIpc) is 2.90. The van der Waals surface area contributed by atoms with Crippen LogP contribution in [0.4, 0.5) is 4.79 Å². The molecule has 4 nitrogen and oxygen atoms in total. The third kappa shape index (κ3) is 1.92. The van der Waals surface area contributed by atoms with E-state index in [-0.39, 0.29) is 12.1 Å². The second-order valence-electron chi connectivity index (χ2n) is 6.27. The van der Waals surface area contributed by atoms with Gasteiger partial charge < -0.3 is 15.4 Å². The van der Waals surface area contributed by atoms with Gasteiger partial charge >= 0.3 is 6.09 Å². The van der Waals surface area contributed by atoms with Crippen molar-refractivity contribution in [2.24, 2.45) is 17.8 Å². The molecule has 1 fully saturated rings. The minimum absolute atomic E-state index is 0.100. The fraction of sp³-hybridized carbons (Fsp3) is 0.800. The molecule has 2 unspecified atom stereocenters. The smallest absolute Gasteiger partial charge is 0.407 e. The van der Waals surface area contributed by atoms with Gasteiger partial charge in [-0.2, -0.15) is 0 Å². The van der Waals surface area contributed by atoms with E-state index in [1.807, 2.05) is 0 Å². The quantitative estimate of drug-likeness (QED) is 0.764. The van der Waals surface area contributed by atoms with E-state index in [4.69, 9.17) is 4.74 Å². The Balaban J connectivity index is 1.84. The van der Waals surface area contributed by atoms with Crippen LogP contribution >= 0.6 is 0 Å². The molecule has 1 aliphatic heterocycles.